The molecule has 1 aromatic rings. The summed E-state index contributed by atoms with van der Waals surface area (Å²) >= 11 is 1.39. The van der Waals surface area contributed by atoms with Gasteiger partial charge in [0.05, 0.1) is 5.25 Å². The van der Waals surface area contributed by atoms with Gasteiger partial charge >= 0.3 is 5.24 Å². The molecule has 1 aromatic carbocycles. The third kappa shape index (κ3) is 5.58. The third-order valence-electron chi connectivity index (χ3n) is 4.02. The van der Waals surface area contributed by atoms with Gasteiger partial charge < -0.3 is 4.90 Å². The molecular formula is C18H26N2OS. The van der Waals surface area contributed by atoms with Crippen LogP contribution < -0.4 is 0 Å². The van der Waals surface area contributed by atoms with E-state index in [1.165, 1.54) is 23.7 Å². The fraction of sp³-hybridized carbons (Fsp3) is 0.556. The van der Waals surface area contributed by atoms with Crippen molar-refractivity contribution in [2.24, 2.45) is 4.99 Å². The Hall–Kier alpha value is -1.13. The zero-order valence-corrected chi connectivity index (χ0v) is 14.4. The minimum absolute atomic E-state index is 0.0167. The van der Waals surface area contributed by atoms with Crippen LogP contribution in [0.2, 0.25) is 0 Å². The quantitative estimate of drug-likeness (QED) is 0.676. The van der Waals surface area contributed by atoms with E-state index in [1.54, 1.807) is 0 Å². The van der Waals surface area contributed by atoms with Crippen molar-refractivity contribution >= 4 is 22.7 Å². The summed E-state index contributed by atoms with van der Waals surface area (Å²) in [5, 5.41) is 0.294. The van der Waals surface area contributed by atoms with E-state index >= 15 is 0 Å². The highest BCUT2D eigenvalue weighted by Crippen LogP contribution is 2.26. The molecule has 2 rings (SSSR count). The molecular weight excluding hydrogens is 292 g/mol. The fourth-order valence-corrected chi connectivity index (χ4v) is 3.75. The van der Waals surface area contributed by atoms with Crippen molar-refractivity contribution in [2.45, 2.75) is 44.8 Å². The van der Waals surface area contributed by atoms with Gasteiger partial charge in [-0.25, -0.2) is 4.99 Å². The summed E-state index contributed by atoms with van der Waals surface area (Å²) in [4.78, 5) is 17.8. The number of benzene rings is 1. The van der Waals surface area contributed by atoms with Gasteiger partial charge in [-0.1, -0.05) is 49.0 Å². The van der Waals surface area contributed by atoms with Crippen molar-refractivity contribution < 1.29 is 4.79 Å². The summed E-state index contributed by atoms with van der Waals surface area (Å²) in [6, 6.07) is 10.7. The van der Waals surface area contributed by atoms with Crippen LogP contribution in [0.1, 0.15) is 38.7 Å². The number of aliphatic imine (C=N–C) groups is 1. The van der Waals surface area contributed by atoms with Gasteiger partial charge in [0.1, 0.15) is 0 Å². The summed E-state index contributed by atoms with van der Waals surface area (Å²) in [5.74, 6) is 0. The van der Waals surface area contributed by atoms with Gasteiger partial charge in [-0.15, -0.1) is 0 Å². The van der Waals surface area contributed by atoms with Crippen LogP contribution in [-0.2, 0) is 6.42 Å². The van der Waals surface area contributed by atoms with E-state index < -0.39 is 0 Å². The molecule has 0 spiro atoms. The first kappa shape index (κ1) is 17.2. The van der Waals surface area contributed by atoms with E-state index in [-0.39, 0.29) is 5.24 Å². The first-order valence-corrected chi connectivity index (χ1v) is 9.09. The number of hydrogen-bond acceptors (Lipinski definition) is 3. The number of amides is 1. The van der Waals surface area contributed by atoms with E-state index in [1.807, 2.05) is 6.92 Å². The van der Waals surface area contributed by atoms with E-state index in [9.17, 15) is 4.79 Å². The van der Waals surface area contributed by atoms with Crippen LogP contribution in [0.5, 0.6) is 0 Å². The van der Waals surface area contributed by atoms with Gasteiger partial charge in [-0.3, -0.25) is 4.79 Å². The second-order valence-electron chi connectivity index (χ2n) is 5.85. The number of carbonyl (C=O) groups excluding carboxylic acids is 1. The van der Waals surface area contributed by atoms with Gasteiger partial charge in [-0.05, 0) is 51.3 Å². The molecule has 1 atom stereocenters. The van der Waals surface area contributed by atoms with Crippen molar-refractivity contribution in [3.63, 3.8) is 0 Å². The van der Waals surface area contributed by atoms with E-state index in [4.69, 9.17) is 0 Å². The summed E-state index contributed by atoms with van der Waals surface area (Å²) < 4.78 is 0. The van der Waals surface area contributed by atoms with E-state index in [0.29, 0.717) is 5.25 Å². The Bertz CT molecular complexity index is 501. The fourth-order valence-electron chi connectivity index (χ4n) is 2.80. The average Bonchev–Trinajstić information content (AvgIpc) is 2.84. The summed E-state index contributed by atoms with van der Waals surface area (Å²) in [6.07, 6.45) is 4.48. The molecule has 0 aromatic heterocycles. The van der Waals surface area contributed by atoms with Crippen molar-refractivity contribution in [3.8, 4) is 0 Å². The minimum atomic E-state index is -0.0167. The maximum absolute atomic E-state index is 11.3. The van der Waals surface area contributed by atoms with Crippen LogP contribution in [0.3, 0.4) is 0 Å². The Morgan fingerprint density at radius 1 is 1.18 bits per heavy atom. The SMILES string of the molecule is CCCN(CCCC1SC(=O)N=C1C)CCc1ccccc1. The Kier molecular flexibility index (Phi) is 7.13. The molecule has 0 bridgehead atoms. The zero-order valence-electron chi connectivity index (χ0n) is 13.6. The molecule has 22 heavy (non-hydrogen) atoms. The number of rotatable bonds is 9. The molecule has 0 saturated heterocycles. The summed E-state index contributed by atoms with van der Waals surface area (Å²) in [5.41, 5.74) is 2.41. The standard InChI is InChI=1S/C18H26N2OS/c1-3-12-20(14-11-16-8-5-4-6-9-16)13-7-10-17-15(2)19-18(21)22-17/h4-6,8-9,17H,3,7,10-14H2,1-2H3. The predicted molar refractivity (Wildman–Crippen MR) is 96.0 cm³/mol. The molecule has 0 saturated carbocycles. The molecule has 0 fully saturated rings. The second kappa shape index (κ2) is 9.11. The number of thioether (sulfide) groups is 1. The van der Waals surface area contributed by atoms with Gasteiger partial charge in [0.15, 0.2) is 0 Å². The Morgan fingerprint density at radius 2 is 1.95 bits per heavy atom. The maximum atomic E-state index is 11.3. The molecule has 0 aliphatic carbocycles. The summed E-state index contributed by atoms with van der Waals surface area (Å²) in [6.45, 7) is 7.58. The van der Waals surface area contributed by atoms with Crippen LogP contribution in [0.15, 0.2) is 35.3 Å². The minimum Gasteiger partial charge on any atom is -0.303 e. The topological polar surface area (TPSA) is 32.7 Å². The highest BCUT2D eigenvalue weighted by atomic mass is 32.2. The van der Waals surface area contributed by atoms with Gasteiger partial charge in [0.2, 0.25) is 0 Å². The van der Waals surface area contributed by atoms with Gasteiger partial charge in [-0.2, -0.15) is 0 Å². The number of carbonyl (C=O) groups is 1. The lowest BCUT2D eigenvalue weighted by Crippen LogP contribution is -2.28. The van der Waals surface area contributed by atoms with Crippen LogP contribution in [0.25, 0.3) is 0 Å². The van der Waals surface area contributed by atoms with Crippen molar-refractivity contribution in [2.75, 3.05) is 19.6 Å². The van der Waals surface area contributed by atoms with Crippen LogP contribution in [0.4, 0.5) is 4.79 Å². The normalized spacial score (nSPS) is 18.0. The van der Waals surface area contributed by atoms with Crippen LogP contribution in [-0.4, -0.2) is 40.7 Å². The smallest absolute Gasteiger partial charge is 0.303 e. The van der Waals surface area contributed by atoms with E-state index in [0.717, 1.165) is 44.6 Å². The molecule has 1 aliphatic heterocycles. The van der Waals surface area contributed by atoms with Crippen molar-refractivity contribution in [1.29, 1.82) is 0 Å². The Morgan fingerprint density at radius 3 is 2.59 bits per heavy atom. The average molecular weight is 318 g/mol. The number of nitrogens with zero attached hydrogens (tertiary/aromatic N) is 2. The highest BCUT2D eigenvalue weighted by Gasteiger charge is 2.24. The largest absolute Gasteiger partial charge is 0.305 e. The third-order valence-corrected chi connectivity index (χ3v) is 5.17. The van der Waals surface area contributed by atoms with Crippen molar-refractivity contribution in [3.05, 3.63) is 35.9 Å². The maximum Gasteiger partial charge on any atom is 0.305 e. The van der Waals surface area contributed by atoms with Crippen LogP contribution in [0, 0.1) is 0 Å². The highest BCUT2D eigenvalue weighted by molar-refractivity contribution is 8.15. The van der Waals surface area contributed by atoms with Crippen molar-refractivity contribution in [1.82, 2.24) is 4.90 Å². The lowest BCUT2D eigenvalue weighted by Gasteiger charge is -2.22. The summed E-state index contributed by atoms with van der Waals surface area (Å²) in [7, 11) is 0. The zero-order chi connectivity index (χ0) is 15.8. The Labute approximate surface area is 138 Å². The lowest BCUT2D eigenvalue weighted by atomic mass is 10.1. The molecule has 0 N–H and O–H groups in total. The predicted octanol–water partition coefficient (Wildman–Crippen LogP) is 4.42. The molecule has 0 radical (unpaired) electrons. The molecule has 1 aliphatic rings. The first-order valence-electron chi connectivity index (χ1n) is 8.21. The molecule has 1 amide bonds. The lowest BCUT2D eigenvalue weighted by molar-refractivity contribution is 0.268. The first-order chi connectivity index (χ1) is 10.7. The van der Waals surface area contributed by atoms with Crippen LogP contribution >= 0.6 is 11.8 Å². The Balaban J connectivity index is 1.72. The molecule has 4 heteroatoms. The second-order valence-corrected chi connectivity index (χ2v) is 7.00. The molecule has 1 unspecified atom stereocenters. The van der Waals surface area contributed by atoms with Gasteiger partial charge in [0, 0.05) is 12.3 Å². The van der Waals surface area contributed by atoms with E-state index in [2.05, 4.69) is 47.1 Å². The monoisotopic (exact) mass is 318 g/mol. The molecule has 120 valence electrons. The molecule has 1 heterocycles. The molecule has 3 nitrogen and oxygen atoms in total. The number of hydrogen-bond donors (Lipinski definition) is 0. The van der Waals surface area contributed by atoms with Gasteiger partial charge in [0.25, 0.3) is 0 Å².